The van der Waals surface area contributed by atoms with Crippen molar-refractivity contribution < 1.29 is 5.11 Å². The average Bonchev–Trinajstić information content (AvgIpc) is 2.84. The van der Waals surface area contributed by atoms with Crippen molar-refractivity contribution in [3.8, 4) is 6.07 Å². The zero-order valence-electron chi connectivity index (χ0n) is 9.84. The zero-order valence-corrected chi connectivity index (χ0v) is 9.84. The Bertz CT molecular complexity index is 413. The van der Waals surface area contributed by atoms with Crippen LogP contribution in [0.3, 0.4) is 0 Å². The van der Waals surface area contributed by atoms with Crippen molar-refractivity contribution in [2.45, 2.75) is 31.7 Å². The number of rotatable bonds is 4. The van der Waals surface area contributed by atoms with Crippen molar-refractivity contribution in [3.63, 3.8) is 0 Å². The standard InChI is InChI=1S/C13H17N3O/c14-10-12-13(6-1-7-15-12)16-8-2-4-11(16)5-3-9-17/h1,6-7,11,17H,2-5,8-9H2. The highest BCUT2D eigenvalue weighted by atomic mass is 16.2. The van der Waals surface area contributed by atoms with Crippen LogP contribution in [0.4, 0.5) is 5.69 Å². The van der Waals surface area contributed by atoms with Gasteiger partial charge in [-0.25, -0.2) is 4.98 Å². The van der Waals surface area contributed by atoms with Gasteiger partial charge < -0.3 is 10.0 Å². The Labute approximate surface area is 102 Å². The van der Waals surface area contributed by atoms with Gasteiger partial charge in [-0.15, -0.1) is 0 Å². The molecule has 90 valence electrons. The van der Waals surface area contributed by atoms with Crippen molar-refractivity contribution in [1.82, 2.24) is 4.98 Å². The fraction of sp³-hybridized carbons (Fsp3) is 0.538. The molecular formula is C13H17N3O. The summed E-state index contributed by atoms with van der Waals surface area (Å²) in [6, 6.07) is 6.42. The molecule has 4 nitrogen and oxygen atoms in total. The summed E-state index contributed by atoms with van der Waals surface area (Å²) in [4.78, 5) is 6.37. The third-order valence-corrected chi connectivity index (χ3v) is 3.27. The lowest BCUT2D eigenvalue weighted by molar-refractivity contribution is 0.279. The second-order valence-electron chi connectivity index (χ2n) is 4.34. The van der Waals surface area contributed by atoms with Crippen molar-refractivity contribution in [2.24, 2.45) is 0 Å². The van der Waals surface area contributed by atoms with Crippen LogP contribution in [0.25, 0.3) is 0 Å². The largest absolute Gasteiger partial charge is 0.396 e. The van der Waals surface area contributed by atoms with Gasteiger partial charge in [0, 0.05) is 25.4 Å². The molecule has 1 aliphatic rings. The number of nitrogens with zero attached hydrogens (tertiary/aromatic N) is 3. The molecule has 0 bridgehead atoms. The summed E-state index contributed by atoms with van der Waals surface area (Å²) in [6.45, 7) is 1.22. The highest BCUT2D eigenvalue weighted by molar-refractivity contribution is 5.57. The monoisotopic (exact) mass is 231 g/mol. The van der Waals surface area contributed by atoms with E-state index in [9.17, 15) is 0 Å². The molecule has 0 amide bonds. The second-order valence-corrected chi connectivity index (χ2v) is 4.34. The van der Waals surface area contributed by atoms with Gasteiger partial charge >= 0.3 is 0 Å². The van der Waals surface area contributed by atoms with E-state index in [1.165, 1.54) is 0 Å². The summed E-state index contributed by atoms with van der Waals surface area (Å²) in [6.07, 6.45) is 5.75. The molecule has 0 aliphatic carbocycles. The van der Waals surface area contributed by atoms with E-state index < -0.39 is 0 Å². The number of anilines is 1. The molecule has 4 heteroatoms. The lowest BCUT2D eigenvalue weighted by atomic mass is 10.1. The van der Waals surface area contributed by atoms with Crippen molar-refractivity contribution in [2.75, 3.05) is 18.1 Å². The van der Waals surface area contributed by atoms with E-state index in [0.717, 1.165) is 37.9 Å². The van der Waals surface area contributed by atoms with Gasteiger partial charge in [0.15, 0.2) is 5.69 Å². The molecule has 2 rings (SSSR count). The van der Waals surface area contributed by atoms with Crippen molar-refractivity contribution in [1.29, 1.82) is 5.26 Å². The van der Waals surface area contributed by atoms with E-state index in [0.29, 0.717) is 11.7 Å². The minimum Gasteiger partial charge on any atom is -0.396 e. The molecule has 1 atom stereocenters. The Morgan fingerprint density at radius 2 is 2.47 bits per heavy atom. The van der Waals surface area contributed by atoms with Gasteiger partial charge in [0.1, 0.15) is 6.07 Å². The fourth-order valence-corrected chi connectivity index (χ4v) is 2.49. The van der Waals surface area contributed by atoms with Gasteiger partial charge in [0.05, 0.1) is 5.69 Å². The van der Waals surface area contributed by atoms with Crippen LogP contribution in [0.5, 0.6) is 0 Å². The maximum absolute atomic E-state index is 9.06. The number of nitriles is 1. The molecule has 1 N–H and O–H groups in total. The number of hydrogen-bond acceptors (Lipinski definition) is 4. The number of pyridine rings is 1. The Morgan fingerprint density at radius 1 is 1.59 bits per heavy atom. The van der Waals surface area contributed by atoms with E-state index in [2.05, 4.69) is 16.0 Å². The molecule has 2 heterocycles. The molecule has 1 saturated heterocycles. The fourth-order valence-electron chi connectivity index (χ4n) is 2.49. The SMILES string of the molecule is N#Cc1ncccc1N1CCCC1CCCO. The lowest BCUT2D eigenvalue weighted by Crippen LogP contribution is -2.30. The highest BCUT2D eigenvalue weighted by Crippen LogP contribution is 2.29. The molecular weight excluding hydrogens is 214 g/mol. The van der Waals surface area contributed by atoms with E-state index in [4.69, 9.17) is 10.4 Å². The molecule has 1 fully saturated rings. The molecule has 1 aromatic rings. The van der Waals surface area contributed by atoms with Crippen LogP contribution in [0.15, 0.2) is 18.3 Å². The Hall–Kier alpha value is -1.60. The Balaban J connectivity index is 2.17. The smallest absolute Gasteiger partial charge is 0.163 e. The Kier molecular flexibility index (Phi) is 3.94. The molecule has 1 aromatic heterocycles. The van der Waals surface area contributed by atoms with Crippen LogP contribution < -0.4 is 4.90 Å². The molecule has 1 aliphatic heterocycles. The van der Waals surface area contributed by atoms with Gasteiger partial charge in [-0.3, -0.25) is 0 Å². The van der Waals surface area contributed by atoms with Gasteiger partial charge in [0.25, 0.3) is 0 Å². The summed E-state index contributed by atoms with van der Waals surface area (Å²) in [5.74, 6) is 0. The van der Waals surface area contributed by atoms with E-state index in [1.807, 2.05) is 12.1 Å². The molecule has 17 heavy (non-hydrogen) atoms. The molecule has 0 aromatic carbocycles. The van der Waals surface area contributed by atoms with Gasteiger partial charge in [-0.2, -0.15) is 5.26 Å². The Morgan fingerprint density at radius 3 is 3.24 bits per heavy atom. The highest BCUT2D eigenvalue weighted by Gasteiger charge is 2.26. The van der Waals surface area contributed by atoms with Crippen LogP contribution in [0.2, 0.25) is 0 Å². The maximum atomic E-state index is 9.06. The van der Waals surface area contributed by atoms with E-state index in [-0.39, 0.29) is 6.61 Å². The molecule has 0 saturated carbocycles. The quantitative estimate of drug-likeness (QED) is 0.856. The molecule has 0 radical (unpaired) electrons. The number of aromatic nitrogens is 1. The predicted octanol–water partition coefficient (Wildman–Crippen LogP) is 1.69. The van der Waals surface area contributed by atoms with Gasteiger partial charge in [0.2, 0.25) is 0 Å². The van der Waals surface area contributed by atoms with Gasteiger partial charge in [-0.1, -0.05) is 0 Å². The van der Waals surface area contributed by atoms with Crippen LogP contribution in [0, 0.1) is 11.3 Å². The average molecular weight is 231 g/mol. The first-order valence-electron chi connectivity index (χ1n) is 6.09. The van der Waals surface area contributed by atoms with Crippen molar-refractivity contribution in [3.05, 3.63) is 24.0 Å². The zero-order chi connectivity index (χ0) is 12.1. The van der Waals surface area contributed by atoms with E-state index >= 15 is 0 Å². The number of aliphatic hydroxyl groups is 1. The number of aliphatic hydroxyl groups excluding tert-OH is 1. The van der Waals surface area contributed by atoms with Crippen LogP contribution in [-0.2, 0) is 0 Å². The van der Waals surface area contributed by atoms with Gasteiger partial charge in [-0.05, 0) is 37.8 Å². The summed E-state index contributed by atoms with van der Waals surface area (Å²) >= 11 is 0. The first-order chi connectivity index (χ1) is 8.36. The van der Waals surface area contributed by atoms with Crippen LogP contribution >= 0.6 is 0 Å². The van der Waals surface area contributed by atoms with Crippen LogP contribution in [-0.4, -0.2) is 29.3 Å². The third-order valence-electron chi connectivity index (χ3n) is 3.27. The molecule has 1 unspecified atom stereocenters. The summed E-state index contributed by atoms with van der Waals surface area (Å²) in [7, 11) is 0. The third kappa shape index (κ3) is 2.56. The maximum Gasteiger partial charge on any atom is 0.163 e. The predicted molar refractivity (Wildman–Crippen MR) is 65.6 cm³/mol. The summed E-state index contributed by atoms with van der Waals surface area (Å²) in [5.41, 5.74) is 1.44. The summed E-state index contributed by atoms with van der Waals surface area (Å²) < 4.78 is 0. The minimum atomic E-state index is 0.239. The van der Waals surface area contributed by atoms with E-state index in [1.54, 1.807) is 6.20 Å². The minimum absolute atomic E-state index is 0.239. The first kappa shape index (κ1) is 11.9. The lowest BCUT2D eigenvalue weighted by Gasteiger charge is -2.27. The first-order valence-corrected chi connectivity index (χ1v) is 6.09. The number of hydrogen-bond donors (Lipinski definition) is 1. The topological polar surface area (TPSA) is 60.2 Å². The second kappa shape index (κ2) is 5.65. The molecule has 0 spiro atoms. The normalized spacial score (nSPS) is 19.3. The summed E-state index contributed by atoms with van der Waals surface area (Å²) in [5, 5.41) is 18.0. The van der Waals surface area contributed by atoms with Crippen LogP contribution in [0.1, 0.15) is 31.4 Å². The van der Waals surface area contributed by atoms with Crippen molar-refractivity contribution >= 4 is 5.69 Å².